The number of amides is 2. The zero-order valence-electron chi connectivity index (χ0n) is 17.9. The maximum atomic E-state index is 12.4. The second-order valence-corrected chi connectivity index (χ2v) is 8.59. The van der Waals surface area contributed by atoms with E-state index in [1.54, 1.807) is 7.05 Å². The Balaban J connectivity index is 1.80. The quantitative estimate of drug-likeness (QED) is 0.750. The minimum Gasteiger partial charge on any atom is -0.444 e. The molecule has 2 amide bonds. The van der Waals surface area contributed by atoms with Crippen molar-refractivity contribution in [2.24, 2.45) is 0 Å². The summed E-state index contributed by atoms with van der Waals surface area (Å²) < 4.78 is 5.55. The van der Waals surface area contributed by atoms with Crippen LogP contribution in [0, 0.1) is 0 Å². The van der Waals surface area contributed by atoms with Crippen LogP contribution in [-0.4, -0.2) is 54.7 Å². The van der Waals surface area contributed by atoms with E-state index in [4.69, 9.17) is 4.74 Å². The molecule has 1 aromatic carbocycles. The molecule has 1 saturated heterocycles. The van der Waals surface area contributed by atoms with Crippen molar-refractivity contribution in [1.82, 2.24) is 15.5 Å². The molecule has 0 unspecified atom stereocenters. The first-order valence-electron chi connectivity index (χ1n) is 10.2. The molecule has 6 nitrogen and oxygen atoms in total. The van der Waals surface area contributed by atoms with Gasteiger partial charge in [-0.1, -0.05) is 12.1 Å². The maximum Gasteiger partial charge on any atom is 0.410 e. The number of rotatable bonds is 7. The van der Waals surface area contributed by atoms with Gasteiger partial charge in [-0.15, -0.1) is 0 Å². The van der Waals surface area contributed by atoms with Gasteiger partial charge in [0.2, 0.25) is 0 Å². The molecule has 0 bridgehead atoms. The van der Waals surface area contributed by atoms with E-state index in [0.717, 1.165) is 44.3 Å². The Bertz CT molecular complexity index is 669. The third kappa shape index (κ3) is 6.82. The van der Waals surface area contributed by atoms with Crippen LogP contribution in [0.3, 0.4) is 0 Å². The van der Waals surface area contributed by atoms with Gasteiger partial charge in [0.1, 0.15) is 5.60 Å². The molecule has 2 rings (SSSR count). The second kappa shape index (κ2) is 9.92. The van der Waals surface area contributed by atoms with E-state index in [0.29, 0.717) is 11.6 Å². The summed E-state index contributed by atoms with van der Waals surface area (Å²) in [4.78, 5) is 26.0. The molecular formula is C22H35N3O3. The Hall–Kier alpha value is -2.08. The normalized spacial score (nSPS) is 18.0. The molecule has 1 aromatic rings. The Morgan fingerprint density at radius 3 is 2.75 bits per heavy atom. The molecule has 0 aromatic heterocycles. The van der Waals surface area contributed by atoms with E-state index < -0.39 is 5.60 Å². The van der Waals surface area contributed by atoms with Crippen molar-refractivity contribution in [1.29, 1.82) is 0 Å². The van der Waals surface area contributed by atoms with Crippen molar-refractivity contribution in [2.45, 2.75) is 71.1 Å². The summed E-state index contributed by atoms with van der Waals surface area (Å²) in [6, 6.07) is 8.25. The minimum absolute atomic E-state index is 0.0633. The summed E-state index contributed by atoms with van der Waals surface area (Å²) in [6.07, 6.45) is 3.63. The highest BCUT2D eigenvalue weighted by atomic mass is 16.6. The molecule has 0 radical (unpaired) electrons. The summed E-state index contributed by atoms with van der Waals surface area (Å²) >= 11 is 0. The van der Waals surface area contributed by atoms with Crippen LogP contribution in [0.1, 0.15) is 62.9 Å². The van der Waals surface area contributed by atoms with Crippen molar-refractivity contribution in [3.63, 3.8) is 0 Å². The van der Waals surface area contributed by atoms with Gasteiger partial charge >= 0.3 is 6.09 Å². The van der Waals surface area contributed by atoms with E-state index in [-0.39, 0.29) is 18.0 Å². The monoisotopic (exact) mass is 389 g/mol. The first-order chi connectivity index (χ1) is 13.2. The molecule has 2 atom stereocenters. The number of ether oxygens (including phenoxy) is 1. The van der Waals surface area contributed by atoms with Gasteiger partial charge in [0.05, 0.1) is 0 Å². The van der Waals surface area contributed by atoms with Gasteiger partial charge in [0.25, 0.3) is 5.91 Å². The van der Waals surface area contributed by atoms with E-state index in [1.807, 2.05) is 49.9 Å². The van der Waals surface area contributed by atoms with Crippen LogP contribution in [-0.2, 0) is 11.2 Å². The fourth-order valence-corrected chi connectivity index (χ4v) is 3.61. The van der Waals surface area contributed by atoms with Crippen LogP contribution in [0.5, 0.6) is 0 Å². The molecule has 0 spiro atoms. The summed E-state index contributed by atoms with van der Waals surface area (Å²) in [5, 5.41) is 6.20. The number of carbonyl (C=O) groups excluding carboxylic acids is 2. The molecule has 28 heavy (non-hydrogen) atoms. The summed E-state index contributed by atoms with van der Waals surface area (Å²) in [6.45, 7) is 9.47. The first-order valence-corrected chi connectivity index (χ1v) is 10.2. The number of nitrogens with zero attached hydrogens (tertiary/aromatic N) is 1. The molecule has 6 heteroatoms. The van der Waals surface area contributed by atoms with Crippen LogP contribution < -0.4 is 10.6 Å². The van der Waals surface area contributed by atoms with Crippen LogP contribution in [0.2, 0.25) is 0 Å². The molecule has 1 aliphatic heterocycles. The van der Waals surface area contributed by atoms with E-state index in [2.05, 4.69) is 17.6 Å². The van der Waals surface area contributed by atoms with Gasteiger partial charge in [-0.05, 0) is 77.6 Å². The maximum absolute atomic E-state index is 12.4. The van der Waals surface area contributed by atoms with Crippen molar-refractivity contribution in [3.05, 3.63) is 35.4 Å². The summed E-state index contributed by atoms with van der Waals surface area (Å²) in [7, 11) is 1.64. The molecule has 0 aliphatic carbocycles. The molecule has 1 aliphatic rings. The van der Waals surface area contributed by atoms with Gasteiger partial charge in [0, 0.05) is 31.2 Å². The molecule has 1 heterocycles. The van der Waals surface area contributed by atoms with Crippen LogP contribution >= 0.6 is 0 Å². The Morgan fingerprint density at radius 1 is 1.32 bits per heavy atom. The molecule has 156 valence electrons. The van der Waals surface area contributed by atoms with Crippen molar-refractivity contribution < 1.29 is 14.3 Å². The molecule has 0 saturated carbocycles. The van der Waals surface area contributed by atoms with Gasteiger partial charge in [-0.3, -0.25) is 4.79 Å². The van der Waals surface area contributed by atoms with Gasteiger partial charge < -0.3 is 20.3 Å². The van der Waals surface area contributed by atoms with Gasteiger partial charge in [-0.2, -0.15) is 0 Å². The largest absolute Gasteiger partial charge is 0.444 e. The topological polar surface area (TPSA) is 70.7 Å². The molecule has 2 N–H and O–H groups in total. The highest BCUT2D eigenvalue weighted by molar-refractivity contribution is 5.94. The van der Waals surface area contributed by atoms with Gasteiger partial charge in [-0.25, -0.2) is 4.79 Å². The molecule has 1 fully saturated rings. The Morgan fingerprint density at radius 2 is 2.07 bits per heavy atom. The fraction of sp³-hybridized carbons (Fsp3) is 0.636. The Kier molecular flexibility index (Phi) is 7.87. The highest BCUT2D eigenvalue weighted by Gasteiger charge is 2.32. The second-order valence-electron chi connectivity index (χ2n) is 8.59. The highest BCUT2D eigenvalue weighted by Crippen LogP contribution is 2.24. The van der Waals surface area contributed by atoms with E-state index in [9.17, 15) is 9.59 Å². The number of benzene rings is 1. The van der Waals surface area contributed by atoms with Gasteiger partial charge in [0.15, 0.2) is 0 Å². The van der Waals surface area contributed by atoms with Crippen LogP contribution in [0.25, 0.3) is 0 Å². The molecular weight excluding hydrogens is 354 g/mol. The fourth-order valence-electron chi connectivity index (χ4n) is 3.61. The van der Waals surface area contributed by atoms with Crippen LogP contribution in [0.15, 0.2) is 24.3 Å². The number of hydrogen-bond donors (Lipinski definition) is 2. The lowest BCUT2D eigenvalue weighted by atomic mass is 10.0. The van der Waals surface area contributed by atoms with Crippen molar-refractivity contribution >= 4 is 12.0 Å². The average Bonchev–Trinajstić information content (AvgIpc) is 3.08. The average molecular weight is 390 g/mol. The first kappa shape index (κ1) is 22.2. The van der Waals surface area contributed by atoms with E-state index in [1.165, 1.54) is 0 Å². The predicted molar refractivity (Wildman–Crippen MR) is 112 cm³/mol. The lowest BCUT2D eigenvalue weighted by Gasteiger charge is -2.30. The summed E-state index contributed by atoms with van der Waals surface area (Å²) in [5.41, 5.74) is 1.36. The Labute approximate surface area is 169 Å². The zero-order chi connectivity index (χ0) is 20.7. The lowest BCUT2D eigenvalue weighted by Crippen LogP contribution is -2.42. The van der Waals surface area contributed by atoms with Crippen LogP contribution in [0.4, 0.5) is 4.79 Å². The SMILES string of the molecule is CNC(=O)c1cccc(CCN[C@H](C)C[C@H]2CCCN2C(=O)OC(C)(C)C)c1. The lowest BCUT2D eigenvalue weighted by molar-refractivity contribution is 0.0214. The third-order valence-electron chi connectivity index (χ3n) is 4.95. The number of nitrogens with one attached hydrogen (secondary N) is 2. The third-order valence-corrected chi connectivity index (χ3v) is 4.95. The smallest absolute Gasteiger partial charge is 0.410 e. The van der Waals surface area contributed by atoms with Crippen molar-refractivity contribution in [2.75, 3.05) is 20.1 Å². The number of likely N-dealkylation sites (tertiary alicyclic amines) is 1. The zero-order valence-corrected chi connectivity index (χ0v) is 17.9. The minimum atomic E-state index is -0.461. The number of carbonyl (C=O) groups is 2. The predicted octanol–water partition coefficient (Wildman–Crippen LogP) is 3.36. The van der Waals surface area contributed by atoms with E-state index >= 15 is 0 Å². The standard InChI is InChI=1S/C22H35N3O3/c1-16(14-19-10-7-13-25(19)21(27)28-22(2,3)4)24-12-11-17-8-6-9-18(15-17)20(26)23-5/h6,8-9,15-16,19,24H,7,10-14H2,1-5H3,(H,23,26)/t16-,19-/m1/s1. The summed E-state index contributed by atoms with van der Waals surface area (Å²) in [5.74, 6) is -0.0633. The number of hydrogen-bond acceptors (Lipinski definition) is 4. The van der Waals surface area contributed by atoms with Crippen molar-refractivity contribution in [3.8, 4) is 0 Å².